The largest absolute Gasteiger partial charge is 0.494 e. The Bertz CT molecular complexity index is 754. The van der Waals surface area contributed by atoms with Crippen LogP contribution >= 0.6 is 0 Å². The lowest BCUT2D eigenvalue weighted by Crippen LogP contribution is -2.32. The first-order valence-corrected chi connectivity index (χ1v) is 7.31. The van der Waals surface area contributed by atoms with Crippen molar-refractivity contribution in [2.24, 2.45) is 0 Å². The summed E-state index contributed by atoms with van der Waals surface area (Å²) in [6.07, 6.45) is 4.34. The second-order valence-corrected chi connectivity index (χ2v) is 5.34. The Labute approximate surface area is 128 Å². The van der Waals surface area contributed by atoms with Crippen LogP contribution in [0.4, 0.5) is 0 Å². The van der Waals surface area contributed by atoms with Crippen LogP contribution in [0.2, 0.25) is 0 Å². The number of aromatic amines is 1. The Morgan fingerprint density at radius 3 is 3.05 bits per heavy atom. The van der Waals surface area contributed by atoms with Crippen molar-refractivity contribution < 1.29 is 9.84 Å². The number of aliphatic hydroxyl groups excluding tert-OH is 1. The van der Waals surface area contributed by atoms with E-state index < -0.39 is 6.10 Å². The number of fused-ring (bicyclic) bond motifs is 1. The molecule has 0 spiro atoms. The molecule has 3 rings (SSSR count). The molecule has 0 bridgehead atoms. The number of rotatable bonds is 4. The van der Waals surface area contributed by atoms with E-state index in [9.17, 15) is 9.90 Å². The summed E-state index contributed by atoms with van der Waals surface area (Å²) in [5, 5.41) is 10.8. The number of hydrogen-bond acceptors (Lipinski definition) is 5. The maximum Gasteiger partial charge on any atom is 0.258 e. The molecular formula is C16H19N3O3. The summed E-state index contributed by atoms with van der Waals surface area (Å²) in [5.41, 5.74) is 0.206. The molecule has 116 valence electrons. The number of aromatic nitrogens is 2. The molecule has 6 heteroatoms. The van der Waals surface area contributed by atoms with Crippen LogP contribution < -0.4 is 10.3 Å². The van der Waals surface area contributed by atoms with Crippen LogP contribution in [-0.4, -0.2) is 46.7 Å². The van der Waals surface area contributed by atoms with Crippen LogP contribution in [0, 0.1) is 0 Å². The lowest BCUT2D eigenvalue weighted by molar-refractivity contribution is 0.111. The summed E-state index contributed by atoms with van der Waals surface area (Å²) in [7, 11) is 1.54. The third-order valence-corrected chi connectivity index (χ3v) is 3.83. The maximum atomic E-state index is 12.2. The third-order valence-electron chi connectivity index (χ3n) is 3.83. The van der Waals surface area contributed by atoms with Gasteiger partial charge in [0.15, 0.2) is 0 Å². The van der Waals surface area contributed by atoms with Gasteiger partial charge in [-0.05, 0) is 18.6 Å². The van der Waals surface area contributed by atoms with Crippen molar-refractivity contribution in [3.8, 4) is 5.75 Å². The first kappa shape index (κ1) is 14.7. The number of ether oxygens (including phenoxy) is 1. The number of benzene rings is 1. The standard InChI is InChI=1S/C16H19N3O3/c1-22-13-7-5-6-11-14(13)17-15(18-16(11)21)12(20)10-19-8-3-2-4-9-19/h2-3,5-7,12,20H,4,8-10H2,1H3,(H,17,18,21). The maximum absolute atomic E-state index is 12.2. The predicted molar refractivity (Wildman–Crippen MR) is 84.1 cm³/mol. The smallest absolute Gasteiger partial charge is 0.258 e. The van der Waals surface area contributed by atoms with Gasteiger partial charge in [-0.15, -0.1) is 0 Å². The average Bonchev–Trinajstić information content (AvgIpc) is 2.55. The normalized spacial score (nSPS) is 16.8. The van der Waals surface area contributed by atoms with Crippen molar-refractivity contribution in [2.75, 3.05) is 26.7 Å². The van der Waals surface area contributed by atoms with Gasteiger partial charge in [0.1, 0.15) is 23.2 Å². The quantitative estimate of drug-likeness (QED) is 0.830. The van der Waals surface area contributed by atoms with Gasteiger partial charge in [0, 0.05) is 19.6 Å². The zero-order valence-corrected chi connectivity index (χ0v) is 12.5. The van der Waals surface area contributed by atoms with Crippen molar-refractivity contribution in [3.63, 3.8) is 0 Å². The molecule has 0 aliphatic carbocycles. The number of methoxy groups -OCH3 is 1. The van der Waals surface area contributed by atoms with E-state index >= 15 is 0 Å². The second kappa shape index (κ2) is 6.29. The SMILES string of the molecule is COc1cccc2c(=O)[nH]c(C(O)CN3CC=CCC3)nc12. The van der Waals surface area contributed by atoms with E-state index in [2.05, 4.69) is 27.0 Å². The average molecular weight is 301 g/mol. The van der Waals surface area contributed by atoms with Gasteiger partial charge in [-0.3, -0.25) is 9.69 Å². The molecule has 0 fully saturated rings. The zero-order chi connectivity index (χ0) is 15.5. The van der Waals surface area contributed by atoms with Gasteiger partial charge < -0.3 is 14.8 Å². The monoisotopic (exact) mass is 301 g/mol. The van der Waals surface area contributed by atoms with E-state index in [1.807, 2.05) is 0 Å². The highest BCUT2D eigenvalue weighted by Crippen LogP contribution is 2.22. The van der Waals surface area contributed by atoms with Gasteiger partial charge in [-0.2, -0.15) is 0 Å². The molecule has 1 unspecified atom stereocenters. The van der Waals surface area contributed by atoms with Gasteiger partial charge in [-0.25, -0.2) is 4.98 Å². The molecule has 1 aromatic heterocycles. The van der Waals surface area contributed by atoms with Gasteiger partial charge in [0.2, 0.25) is 0 Å². The minimum Gasteiger partial charge on any atom is -0.494 e. The summed E-state index contributed by atoms with van der Waals surface area (Å²) < 4.78 is 5.25. The van der Waals surface area contributed by atoms with Crippen LogP contribution in [-0.2, 0) is 0 Å². The molecule has 1 aromatic carbocycles. The van der Waals surface area contributed by atoms with E-state index in [0.29, 0.717) is 23.2 Å². The molecule has 1 atom stereocenters. The van der Waals surface area contributed by atoms with Crippen LogP contribution in [0.15, 0.2) is 35.1 Å². The molecule has 0 saturated carbocycles. The zero-order valence-electron chi connectivity index (χ0n) is 12.5. The summed E-state index contributed by atoms with van der Waals surface area (Å²) in [6, 6.07) is 5.18. The minimum atomic E-state index is -0.839. The van der Waals surface area contributed by atoms with Crippen LogP contribution in [0.3, 0.4) is 0 Å². The highest BCUT2D eigenvalue weighted by molar-refractivity contribution is 5.83. The Hall–Kier alpha value is -2.18. The van der Waals surface area contributed by atoms with Crippen LogP contribution in [0.5, 0.6) is 5.75 Å². The number of β-amino-alcohol motifs (C(OH)–C–C–N with tert-alkyl or cyclic N) is 1. The third kappa shape index (κ3) is 2.88. The van der Waals surface area contributed by atoms with Gasteiger partial charge in [0.25, 0.3) is 5.56 Å². The van der Waals surface area contributed by atoms with Gasteiger partial charge >= 0.3 is 0 Å². The molecule has 2 N–H and O–H groups in total. The van der Waals surface area contributed by atoms with Crippen molar-refractivity contribution >= 4 is 10.9 Å². The molecule has 0 radical (unpaired) electrons. The van der Waals surface area contributed by atoms with E-state index in [-0.39, 0.29) is 11.4 Å². The molecule has 22 heavy (non-hydrogen) atoms. The molecule has 0 saturated heterocycles. The summed E-state index contributed by atoms with van der Waals surface area (Å²) in [6.45, 7) is 2.14. The molecule has 2 aromatic rings. The van der Waals surface area contributed by atoms with Crippen molar-refractivity contribution in [2.45, 2.75) is 12.5 Å². The van der Waals surface area contributed by atoms with Crippen LogP contribution in [0.25, 0.3) is 10.9 Å². The molecule has 1 aliphatic rings. The fourth-order valence-electron chi connectivity index (χ4n) is 2.66. The summed E-state index contributed by atoms with van der Waals surface area (Å²) in [4.78, 5) is 21.4. The number of H-pyrrole nitrogens is 1. The Morgan fingerprint density at radius 2 is 2.32 bits per heavy atom. The summed E-state index contributed by atoms with van der Waals surface area (Å²) in [5.74, 6) is 0.800. The van der Waals surface area contributed by atoms with Crippen molar-refractivity contribution in [3.05, 3.63) is 46.5 Å². The number of aliphatic hydroxyl groups is 1. The van der Waals surface area contributed by atoms with Gasteiger partial charge in [0.05, 0.1) is 12.5 Å². The topological polar surface area (TPSA) is 78.5 Å². The highest BCUT2D eigenvalue weighted by Gasteiger charge is 2.18. The Kier molecular flexibility index (Phi) is 4.22. The number of nitrogens with zero attached hydrogens (tertiary/aromatic N) is 2. The van der Waals surface area contributed by atoms with Crippen molar-refractivity contribution in [1.82, 2.24) is 14.9 Å². The number of para-hydroxylation sites is 1. The predicted octanol–water partition coefficient (Wildman–Crippen LogP) is 1.23. The fraction of sp³-hybridized carbons (Fsp3) is 0.375. The molecule has 2 heterocycles. The number of nitrogens with one attached hydrogen (secondary N) is 1. The minimum absolute atomic E-state index is 0.267. The lowest BCUT2D eigenvalue weighted by atomic mass is 10.2. The molecule has 6 nitrogen and oxygen atoms in total. The molecule has 0 amide bonds. The lowest BCUT2D eigenvalue weighted by Gasteiger charge is -2.25. The second-order valence-electron chi connectivity index (χ2n) is 5.34. The fourth-order valence-corrected chi connectivity index (χ4v) is 2.66. The number of hydrogen-bond donors (Lipinski definition) is 2. The van der Waals surface area contributed by atoms with E-state index in [0.717, 1.165) is 19.5 Å². The van der Waals surface area contributed by atoms with E-state index in [4.69, 9.17) is 4.74 Å². The molecule has 1 aliphatic heterocycles. The Morgan fingerprint density at radius 1 is 1.45 bits per heavy atom. The van der Waals surface area contributed by atoms with E-state index in [1.165, 1.54) is 7.11 Å². The van der Waals surface area contributed by atoms with Crippen molar-refractivity contribution in [1.29, 1.82) is 0 Å². The van der Waals surface area contributed by atoms with Crippen LogP contribution in [0.1, 0.15) is 18.3 Å². The van der Waals surface area contributed by atoms with E-state index in [1.54, 1.807) is 18.2 Å². The highest BCUT2D eigenvalue weighted by atomic mass is 16.5. The van der Waals surface area contributed by atoms with Gasteiger partial charge in [-0.1, -0.05) is 18.2 Å². The Balaban J connectivity index is 1.93. The first-order valence-electron chi connectivity index (χ1n) is 7.31. The summed E-state index contributed by atoms with van der Waals surface area (Å²) >= 11 is 0. The molecular weight excluding hydrogens is 282 g/mol. The first-order chi connectivity index (χ1) is 10.7.